The maximum atomic E-state index is 11.3. The summed E-state index contributed by atoms with van der Waals surface area (Å²) in [4.78, 5) is 24.5. The molecule has 0 radical (unpaired) electrons. The van der Waals surface area contributed by atoms with Gasteiger partial charge in [-0.15, -0.1) is 0 Å². The van der Waals surface area contributed by atoms with Gasteiger partial charge in [0.05, 0.1) is 26.6 Å². The van der Waals surface area contributed by atoms with Gasteiger partial charge >= 0.3 is 0 Å². The standard InChI is InChI=1S/C13H15NO3/c1-17-13-4-2-10(3-5-13)7-14-8-11(15)6-12(16)9-14/h2-5H,6-9H2,1H3. The third kappa shape index (κ3) is 3.14. The van der Waals surface area contributed by atoms with Crippen molar-refractivity contribution in [3.8, 4) is 5.75 Å². The summed E-state index contributed by atoms with van der Waals surface area (Å²) in [6, 6.07) is 7.65. The van der Waals surface area contributed by atoms with Crippen LogP contribution in [0.3, 0.4) is 0 Å². The van der Waals surface area contributed by atoms with Crippen molar-refractivity contribution in [3.63, 3.8) is 0 Å². The number of hydrogen-bond acceptors (Lipinski definition) is 4. The maximum Gasteiger partial charge on any atom is 0.154 e. The summed E-state index contributed by atoms with van der Waals surface area (Å²) in [7, 11) is 1.62. The van der Waals surface area contributed by atoms with Crippen molar-refractivity contribution >= 4 is 11.6 Å². The Bertz CT molecular complexity index is 409. The molecule has 0 unspecified atom stereocenters. The fraction of sp³-hybridized carbons (Fsp3) is 0.385. The van der Waals surface area contributed by atoms with Crippen molar-refractivity contribution in [2.45, 2.75) is 13.0 Å². The summed E-state index contributed by atoms with van der Waals surface area (Å²) in [5.41, 5.74) is 1.08. The lowest BCUT2D eigenvalue weighted by atomic mass is 10.1. The average Bonchev–Trinajstić information content (AvgIpc) is 2.28. The molecule has 0 amide bonds. The highest BCUT2D eigenvalue weighted by Gasteiger charge is 2.22. The third-order valence-corrected chi connectivity index (χ3v) is 2.76. The van der Waals surface area contributed by atoms with Crippen LogP contribution in [0, 0.1) is 0 Å². The van der Waals surface area contributed by atoms with Crippen LogP contribution >= 0.6 is 0 Å². The predicted molar refractivity (Wildman–Crippen MR) is 62.9 cm³/mol. The molecule has 0 saturated carbocycles. The highest BCUT2D eigenvalue weighted by Crippen LogP contribution is 2.14. The van der Waals surface area contributed by atoms with Crippen LogP contribution in [-0.2, 0) is 16.1 Å². The first-order chi connectivity index (χ1) is 8.17. The molecular formula is C13H15NO3. The molecule has 0 N–H and O–H groups in total. The Morgan fingerprint density at radius 2 is 1.71 bits per heavy atom. The molecule has 1 aromatic carbocycles. The fourth-order valence-electron chi connectivity index (χ4n) is 1.99. The lowest BCUT2D eigenvalue weighted by Gasteiger charge is -2.24. The molecule has 0 spiro atoms. The van der Waals surface area contributed by atoms with E-state index in [1.165, 1.54) is 0 Å². The molecule has 0 atom stereocenters. The molecule has 90 valence electrons. The van der Waals surface area contributed by atoms with Gasteiger partial charge in [0.25, 0.3) is 0 Å². The topological polar surface area (TPSA) is 46.6 Å². The minimum atomic E-state index is 0.00904. The molecular weight excluding hydrogens is 218 g/mol. The van der Waals surface area contributed by atoms with Gasteiger partial charge in [0.15, 0.2) is 11.6 Å². The summed E-state index contributed by atoms with van der Waals surface area (Å²) in [5, 5.41) is 0. The summed E-state index contributed by atoms with van der Waals surface area (Å²) < 4.78 is 5.07. The quantitative estimate of drug-likeness (QED) is 0.732. The molecule has 4 heteroatoms. The number of benzene rings is 1. The van der Waals surface area contributed by atoms with Gasteiger partial charge in [-0.1, -0.05) is 12.1 Å². The first kappa shape index (κ1) is 11.8. The summed E-state index contributed by atoms with van der Waals surface area (Å²) >= 11 is 0. The SMILES string of the molecule is COc1ccc(CN2CC(=O)CC(=O)C2)cc1. The molecule has 2 rings (SSSR count). The van der Waals surface area contributed by atoms with E-state index in [9.17, 15) is 9.59 Å². The molecule has 1 saturated heterocycles. The maximum absolute atomic E-state index is 11.3. The van der Waals surface area contributed by atoms with Gasteiger partial charge in [0.2, 0.25) is 0 Å². The van der Waals surface area contributed by atoms with Crippen molar-refractivity contribution in [2.24, 2.45) is 0 Å². The highest BCUT2D eigenvalue weighted by atomic mass is 16.5. The van der Waals surface area contributed by atoms with E-state index < -0.39 is 0 Å². The Hall–Kier alpha value is -1.68. The number of methoxy groups -OCH3 is 1. The van der Waals surface area contributed by atoms with Gasteiger partial charge in [-0.3, -0.25) is 14.5 Å². The number of carbonyl (C=O) groups is 2. The molecule has 1 aliphatic rings. The number of hydrogen-bond donors (Lipinski definition) is 0. The molecule has 1 fully saturated rings. The van der Waals surface area contributed by atoms with Crippen molar-refractivity contribution in [3.05, 3.63) is 29.8 Å². The molecule has 0 bridgehead atoms. The van der Waals surface area contributed by atoms with E-state index in [0.29, 0.717) is 19.6 Å². The van der Waals surface area contributed by atoms with E-state index in [1.54, 1.807) is 7.11 Å². The molecule has 1 aliphatic heterocycles. The molecule has 1 aromatic rings. The summed E-state index contributed by atoms with van der Waals surface area (Å²) in [6.07, 6.45) is 0.0963. The Morgan fingerprint density at radius 1 is 1.12 bits per heavy atom. The van der Waals surface area contributed by atoms with Crippen LogP contribution in [-0.4, -0.2) is 36.7 Å². The Labute approximate surface area is 100 Å². The second-order valence-corrected chi connectivity index (χ2v) is 4.25. The smallest absolute Gasteiger partial charge is 0.154 e. The summed E-state index contributed by atoms with van der Waals surface area (Å²) in [5.74, 6) is 0.823. The fourth-order valence-corrected chi connectivity index (χ4v) is 1.99. The number of Topliss-reactive ketones (excluding diaryl/α,β-unsaturated/α-hetero) is 2. The average molecular weight is 233 g/mol. The van der Waals surface area contributed by atoms with Gasteiger partial charge < -0.3 is 4.74 Å². The first-order valence-corrected chi connectivity index (χ1v) is 5.56. The largest absolute Gasteiger partial charge is 0.497 e. The highest BCUT2D eigenvalue weighted by molar-refractivity contribution is 6.02. The van der Waals surface area contributed by atoms with Gasteiger partial charge in [-0.25, -0.2) is 0 Å². The van der Waals surface area contributed by atoms with Gasteiger partial charge in [0.1, 0.15) is 5.75 Å². The summed E-state index contributed by atoms with van der Waals surface area (Å²) in [6.45, 7) is 1.37. The second kappa shape index (κ2) is 5.10. The zero-order chi connectivity index (χ0) is 12.3. The molecule has 4 nitrogen and oxygen atoms in total. The monoisotopic (exact) mass is 233 g/mol. The van der Waals surface area contributed by atoms with E-state index >= 15 is 0 Å². The minimum Gasteiger partial charge on any atom is -0.497 e. The Balaban J connectivity index is 1.99. The van der Waals surface area contributed by atoms with E-state index in [2.05, 4.69) is 0 Å². The first-order valence-electron chi connectivity index (χ1n) is 5.56. The number of rotatable bonds is 3. The van der Waals surface area contributed by atoms with E-state index in [0.717, 1.165) is 11.3 Å². The van der Waals surface area contributed by atoms with Crippen molar-refractivity contribution in [1.29, 1.82) is 0 Å². The molecule has 1 heterocycles. The number of nitrogens with zero attached hydrogens (tertiary/aromatic N) is 1. The molecule has 17 heavy (non-hydrogen) atoms. The number of likely N-dealkylation sites (tertiary alicyclic amines) is 1. The van der Waals surface area contributed by atoms with Gasteiger partial charge in [-0.2, -0.15) is 0 Å². The van der Waals surface area contributed by atoms with Crippen LogP contribution in [0.25, 0.3) is 0 Å². The Kier molecular flexibility index (Phi) is 3.54. The third-order valence-electron chi connectivity index (χ3n) is 2.76. The van der Waals surface area contributed by atoms with E-state index in [-0.39, 0.29) is 18.0 Å². The lowest BCUT2D eigenvalue weighted by molar-refractivity contribution is -0.132. The number of ether oxygens (including phenoxy) is 1. The van der Waals surface area contributed by atoms with Crippen LogP contribution in [0.15, 0.2) is 24.3 Å². The number of piperidine rings is 1. The van der Waals surface area contributed by atoms with E-state index in [4.69, 9.17) is 4.74 Å². The molecule has 0 aliphatic carbocycles. The van der Waals surface area contributed by atoms with Crippen molar-refractivity contribution in [2.75, 3.05) is 20.2 Å². The normalized spacial score (nSPS) is 17.2. The zero-order valence-corrected chi connectivity index (χ0v) is 9.81. The zero-order valence-electron chi connectivity index (χ0n) is 9.81. The van der Waals surface area contributed by atoms with E-state index in [1.807, 2.05) is 29.2 Å². The minimum absolute atomic E-state index is 0.00904. The van der Waals surface area contributed by atoms with Crippen LogP contribution in [0.5, 0.6) is 5.75 Å². The number of ketones is 2. The van der Waals surface area contributed by atoms with Crippen LogP contribution < -0.4 is 4.74 Å². The Morgan fingerprint density at radius 3 is 2.24 bits per heavy atom. The van der Waals surface area contributed by atoms with Gasteiger partial charge in [-0.05, 0) is 17.7 Å². The van der Waals surface area contributed by atoms with Crippen LogP contribution in [0.4, 0.5) is 0 Å². The number of carbonyl (C=O) groups excluding carboxylic acids is 2. The van der Waals surface area contributed by atoms with Crippen molar-refractivity contribution in [1.82, 2.24) is 4.90 Å². The lowest BCUT2D eigenvalue weighted by Crippen LogP contribution is -2.40. The predicted octanol–water partition coefficient (Wildman–Crippen LogP) is 1.04. The second-order valence-electron chi connectivity index (χ2n) is 4.25. The molecule has 0 aromatic heterocycles. The van der Waals surface area contributed by atoms with Crippen molar-refractivity contribution < 1.29 is 14.3 Å². The van der Waals surface area contributed by atoms with Gasteiger partial charge in [0, 0.05) is 6.54 Å². The van der Waals surface area contributed by atoms with Crippen LogP contribution in [0.2, 0.25) is 0 Å². The van der Waals surface area contributed by atoms with Crippen LogP contribution in [0.1, 0.15) is 12.0 Å².